The van der Waals surface area contributed by atoms with Crippen molar-refractivity contribution in [3.8, 4) is 11.5 Å². The lowest BCUT2D eigenvalue weighted by atomic mass is 10.1. The fourth-order valence-corrected chi connectivity index (χ4v) is 4.49. The molecule has 1 amide bonds. The Morgan fingerprint density at radius 2 is 1.89 bits per heavy atom. The van der Waals surface area contributed by atoms with Crippen LogP contribution in [0.15, 0.2) is 56.7 Å². The van der Waals surface area contributed by atoms with Crippen molar-refractivity contribution in [2.45, 2.75) is 4.90 Å². The molecule has 2 aromatic carbocycles. The zero-order valence-corrected chi connectivity index (χ0v) is 17.8. The van der Waals surface area contributed by atoms with Crippen molar-refractivity contribution in [1.29, 1.82) is 0 Å². The van der Waals surface area contributed by atoms with Crippen LogP contribution in [-0.4, -0.2) is 25.8 Å². The highest BCUT2D eigenvalue weighted by molar-refractivity contribution is 9.10. The molecule has 0 unspecified atom stereocenters. The van der Waals surface area contributed by atoms with Gasteiger partial charge >= 0.3 is 10.1 Å². The van der Waals surface area contributed by atoms with Gasteiger partial charge in [0.05, 0.1) is 12.0 Å². The Labute approximate surface area is 174 Å². The quantitative estimate of drug-likeness (QED) is 0.392. The maximum atomic E-state index is 12.5. The van der Waals surface area contributed by atoms with Gasteiger partial charge in [-0.25, -0.2) is 0 Å². The number of hydrogen-bond acceptors (Lipinski definition) is 7. The van der Waals surface area contributed by atoms with Crippen LogP contribution in [0.1, 0.15) is 5.56 Å². The molecule has 6 nitrogen and oxygen atoms in total. The minimum absolute atomic E-state index is 0.00702. The van der Waals surface area contributed by atoms with E-state index in [4.69, 9.17) is 21.1 Å². The Morgan fingerprint density at radius 1 is 1.19 bits per heavy atom. The first-order valence-electron chi connectivity index (χ1n) is 7.42. The highest BCUT2D eigenvalue weighted by Gasteiger charge is 2.24. The predicted octanol–water partition coefficient (Wildman–Crippen LogP) is 3.71. The molecule has 2 aromatic rings. The third-order valence-electron chi connectivity index (χ3n) is 3.44. The second-order valence-electron chi connectivity index (χ2n) is 5.22. The molecule has 0 radical (unpaired) electrons. The number of para-hydroxylation sites is 1. The summed E-state index contributed by atoms with van der Waals surface area (Å²) in [5, 5.41) is 2.52. The summed E-state index contributed by atoms with van der Waals surface area (Å²) < 4.78 is 36.8. The molecule has 0 spiro atoms. The lowest BCUT2D eigenvalue weighted by molar-refractivity contribution is -0.115. The van der Waals surface area contributed by atoms with E-state index in [0.717, 1.165) is 16.2 Å². The second-order valence-corrected chi connectivity index (χ2v) is 9.40. The van der Waals surface area contributed by atoms with E-state index in [0.29, 0.717) is 14.8 Å². The van der Waals surface area contributed by atoms with Gasteiger partial charge in [-0.05, 0) is 36.4 Å². The van der Waals surface area contributed by atoms with Crippen molar-refractivity contribution in [2.24, 2.45) is 0 Å². The third kappa shape index (κ3) is 4.52. The van der Waals surface area contributed by atoms with Crippen molar-refractivity contribution >= 4 is 66.3 Å². The molecular formula is C17H12BrNO5S3. The highest BCUT2D eigenvalue weighted by atomic mass is 79.9. The van der Waals surface area contributed by atoms with Crippen molar-refractivity contribution in [1.82, 2.24) is 5.32 Å². The van der Waals surface area contributed by atoms with Crippen LogP contribution < -0.4 is 14.2 Å². The fourth-order valence-electron chi connectivity index (χ4n) is 2.26. The SMILES string of the molecule is COc1c(/C=C2/SC(=S)NC2=O)cccc1OS(=O)(=O)c1ccc(Br)cc1. The van der Waals surface area contributed by atoms with Crippen LogP contribution in [-0.2, 0) is 14.9 Å². The molecule has 0 atom stereocenters. The number of methoxy groups -OCH3 is 1. The van der Waals surface area contributed by atoms with E-state index in [-0.39, 0.29) is 22.3 Å². The van der Waals surface area contributed by atoms with Gasteiger partial charge in [-0.1, -0.05) is 52.0 Å². The Morgan fingerprint density at radius 3 is 2.48 bits per heavy atom. The largest absolute Gasteiger partial charge is 0.492 e. The Hall–Kier alpha value is -1.88. The molecule has 140 valence electrons. The first kappa shape index (κ1) is 19.9. The average molecular weight is 486 g/mol. The number of carbonyl (C=O) groups excluding carboxylic acids is 1. The highest BCUT2D eigenvalue weighted by Crippen LogP contribution is 2.36. The van der Waals surface area contributed by atoms with Crippen LogP contribution in [0.3, 0.4) is 0 Å². The standard InChI is InChI=1S/C17H12BrNO5S3/c1-23-15-10(9-14-16(20)19-17(25)26-14)3-2-4-13(15)24-27(21,22)12-7-5-11(18)6-8-12/h2-9H,1H3,(H,19,20,25)/b14-9+. The summed E-state index contributed by atoms with van der Waals surface area (Å²) in [7, 11) is -2.66. The van der Waals surface area contributed by atoms with Gasteiger partial charge in [-0.15, -0.1) is 0 Å². The van der Waals surface area contributed by atoms with Crippen LogP contribution in [0.2, 0.25) is 0 Å². The Kier molecular flexibility index (Phi) is 5.89. The smallest absolute Gasteiger partial charge is 0.339 e. The van der Waals surface area contributed by atoms with E-state index in [1.807, 2.05) is 0 Å². The number of benzene rings is 2. The van der Waals surface area contributed by atoms with Gasteiger partial charge in [0.15, 0.2) is 11.5 Å². The zero-order chi connectivity index (χ0) is 19.6. The van der Waals surface area contributed by atoms with Crippen LogP contribution in [0.5, 0.6) is 11.5 Å². The molecule has 0 bridgehead atoms. The van der Waals surface area contributed by atoms with Gasteiger partial charge in [-0.3, -0.25) is 4.79 Å². The molecule has 0 aromatic heterocycles. The number of thiocarbonyl (C=S) groups is 1. The molecule has 1 aliphatic rings. The molecule has 1 aliphatic heterocycles. The number of carbonyl (C=O) groups is 1. The first-order valence-corrected chi connectivity index (χ1v) is 10.8. The summed E-state index contributed by atoms with van der Waals surface area (Å²) in [4.78, 5) is 12.2. The van der Waals surface area contributed by atoms with E-state index in [1.165, 1.54) is 25.3 Å². The van der Waals surface area contributed by atoms with E-state index >= 15 is 0 Å². The maximum Gasteiger partial charge on any atom is 0.339 e. The molecule has 27 heavy (non-hydrogen) atoms. The topological polar surface area (TPSA) is 81.7 Å². The molecule has 1 heterocycles. The lowest BCUT2D eigenvalue weighted by Gasteiger charge is -2.13. The summed E-state index contributed by atoms with van der Waals surface area (Å²) in [5.74, 6) is -0.112. The number of rotatable bonds is 5. The van der Waals surface area contributed by atoms with Crippen molar-refractivity contribution in [2.75, 3.05) is 7.11 Å². The van der Waals surface area contributed by atoms with Crippen LogP contribution >= 0.6 is 39.9 Å². The summed E-state index contributed by atoms with van der Waals surface area (Å²) in [6, 6.07) is 10.8. The van der Waals surface area contributed by atoms with E-state index < -0.39 is 10.1 Å². The number of hydrogen-bond donors (Lipinski definition) is 1. The van der Waals surface area contributed by atoms with Crippen LogP contribution in [0.25, 0.3) is 6.08 Å². The molecule has 1 N–H and O–H groups in total. The first-order chi connectivity index (χ1) is 12.8. The predicted molar refractivity (Wildman–Crippen MR) is 111 cm³/mol. The van der Waals surface area contributed by atoms with Crippen molar-refractivity contribution in [3.63, 3.8) is 0 Å². The fraction of sp³-hybridized carbons (Fsp3) is 0.0588. The monoisotopic (exact) mass is 485 g/mol. The molecule has 1 fully saturated rings. The molecule has 3 rings (SSSR count). The summed E-state index contributed by atoms with van der Waals surface area (Å²) in [6.45, 7) is 0. The van der Waals surface area contributed by atoms with Gasteiger partial charge in [0.2, 0.25) is 0 Å². The van der Waals surface area contributed by atoms with Crippen molar-refractivity contribution in [3.05, 3.63) is 57.4 Å². The van der Waals surface area contributed by atoms with Crippen LogP contribution in [0.4, 0.5) is 0 Å². The van der Waals surface area contributed by atoms with Gasteiger partial charge in [-0.2, -0.15) is 8.42 Å². The summed E-state index contributed by atoms with van der Waals surface area (Å²) in [6.07, 6.45) is 1.57. The molecule has 0 aliphatic carbocycles. The minimum atomic E-state index is -4.05. The summed E-state index contributed by atoms with van der Waals surface area (Å²) >= 11 is 9.34. The van der Waals surface area contributed by atoms with Crippen molar-refractivity contribution < 1.29 is 22.1 Å². The number of thioether (sulfide) groups is 1. The van der Waals surface area contributed by atoms with Gasteiger partial charge in [0.1, 0.15) is 9.22 Å². The minimum Gasteiger partial charge on any atom is -0.492 e. The van der Waals surface area contributed by atoms with E-state index in [1.54, 1.807) is 30.3 Å². The third-order valence-corrected chi connectivity index (χ3v) is 6.38. The van der Waals surface area contributed by atoms with E-state index in [2.05, 4.69) is 21.2 Å². The van der Waals surface area contributed by atoms with Gasteiger partial charge in [0, 0.05) is 10.0 Å². The number of nitrogens with one attached hydrogen (secondary N) is 1. The number of amides is 1. The number of halogens is 1. The molecule has 10 heteroatoms. The molecule has 1 saturated heterocycles. The van der Waals surface area contributed by atoms with E-state index in [9.17, 15) is 13.2 Å². The van der Waals surface area contributed by atoms with Gasteiger partial charge in [0.25, 0.3) is 5.91 Å². The zero-order valence-electron chi connectivity index (χ0n) is 13.8. The molecular weight excluding hydrogens is 474 g/mol. The maximum absolute atomic E-state index is 12.5. The Bertz CT molecular complexity index is 1050. The normalized spacial score (nSPS) is 15.7. The average Bonchev–Trinajstić information content (AvgIpc) is 2.92. The Balaban J connectivity index is 1.97. The van der Waals surface area contributed by atoms with Gasteiger partial charge < -0.3 is 14.2 Å². The summed E-state index contributed by atoms with van der Waals surface area (Å²) in [5.41, 5.74) is 0.489. The lowest BCUT2D eigenvalue weighted by Crippen LogP contribution is -2.17. The molecule has 0 saturated carbocycles. The van der Waals surface area contributed by atoms with Crippen LogP contribution in [0, 0.1) is 0 Å². The number of ether oxygens (including phenoxy) is 1. The second kappa shape index (κ2) is 8.01.